The van der Waals surface area contributed by atoms with E-state index in [1.54, 1.807) is 6.33 Å². The lowest BCUT2D eigenvalue weighted by atomic mass is 9.78. The molecule has 0 spiro atoms. The largest absolute Gasteiger partial charge is 0.372 e. The molecule has 19 heavy (non-hydrogen) atoms. The molecule has 3 rings (SSSR count). The SMILES string of the molecule is CNc1ncnc(N2CCC[C@H]3CCCC[C@H]32)c1Br. The smallest absolute Gasteiger partial charge is 0.148 e. The maximum Gasteiger partial charge on any atom is 0.148 e. The number of fused-ring (bicyclic) bond motifs is 1. The number of piperidine rings is 1. The molecule has 2 fully saturated rings. The average Bonchev–Trinajstić information content (AvgIpc) is 2.47. The summed E-state index contributed by atoms with van der Waals surface area (Å²) < 4.78 is 1.00. The first-order chi connectivity index (χ1) is 9.31. The number of rotatable bonds is 2. The fourth-order valence-electron chi connectivity index (χ4n) is 3.62. The zero-order chi connectivity index (χ0) is 13.2. The van der Waals surface area contributed by atoms with Crippen molar-refractivity contribution in [1.29, 1.82) is 0 Å². The van der Waals surface area contributed by atoms with Crippen molar-refractivity contribution in [1.82, 2.24) is 9.97 Å². The molecule has 2 heterocycles. The van der Waals surface area contributed by atoms with Gasteiger partial charge in [0, 0.05) is 19.6 Å². The van der Waals surface area contributed by atoms with Crippen LogP contribution in [-0.2, 0) is 0 Å². The van der Waals surface area contributed by atoms with Crippen LogP contribution in [0.15, 0.2) is 10.8 Å². The first-order valence-electron chi connectivity index (χ1n) is 7.26. The second kappa shape index (κ2) is 5.65. The Morgan fingerprint density at radius 2 is 2.00 bits per heavy atom. The fraction of sp³-hybridized carbons (Fsp3) is 0.714. The fourth-order valence-corrected chi connectivity index (χ4v) is 4.25. The molecule has 0 aromatic carbocycles. The van der Waals surface area contributed by atoms with Crippen LogP contribution in [0.1, 0.15) is 38.5 Å². The lowest BCUT2D eigenvalue weighted by Crippen LogP contribution is -2.47. The lowest BCUT2D eigenvalue weighted by molar-refractivity contribution is 0.242. The van der Waals surface area contributed by atoms with Crippen LogP contribution in [0.5, 0.6) is 0 Å². The van der Waals surface area contributed by atoms with E-state index in [-0.39, 0.29) is 0 Å². The monoisotopic (exact) mass is 324 g/mol. The molecule has 2 aliphatic rings. The van der Waals surface area contributed by atoms with Gasteiger partial charge in [-0.1, -0.05) is 12.8 Å². The minimum Gasteiger partial charge on any atom is -0.372 e. The van der Waals surface area contributed by atoms with Gasteiger partial charge in [-0.3, -0.25) is 0 Å². The Morgan fingerprint density at radius 3 is 2.84 bits per heavy atom. The van der Waals surface area contributed by atoms with Crippen molar-refractivity contribution in [3.63, 3.8) is 0 Å². The van der Waals surface area contributed by atoms with E-state index in [4.69, 9.17) is 0 Å². The Balaban J connectivity index is 1.91. The van der Waals surface area contributed by atoms with E-state index in [1.165, 1.54) is 38.5 Å². The first kappa shape index (κ1) is 13.2. The molecular weight excluding hydrogens is 304 g/mol. The van der Waals surface area contributed by atoms with Crippen LogP contribution in [0.3, 0.4) is 0 Å². The Hall–Kier alpha value is -0.840. The van der Waals surface area contributed by atoms with Gasteiger partial charge in [0.25, 0.3) is 0 Å². The summed E-state index contributed by atoms with van der Waals surface area (Å²) in [6, 6.07) is 0.679. The van der Waals surface area contributed by atoms with Gasteiger partial charge in [0.05, 0.1) is 0 Å². The van der Waals surface area contributed by atoms with Crippen LogP contribution in [0.4, 0.5) is 11.6 Å². The summed E-state index contributed by atoms with van der Waals surface area (Å²) in [6.07, 6.45) is 9.81. The normalized spacial score (nSPS) is 26.9. The van der Waals surface area contributed by atoms with Gasteiger partial charge in [-0.05, 0) is 47.5 Å². The molecule has 0 bridgehead atoms. The number of anilines is 2. The molecule has 1 N–H and O–H groups in total. The van der Waals surface area contributed by atoms with Gasteiger partial charge >= 0.3 is 0 Å². The Morgan fingerprint density at radius 1 is 1.21 bits per heavy atom. The van der Waals surface area contributed by atoms with Gasteiger partial charge in [0.1, 0.15) is 22.4 Å². The van der Waals surface area contributed by atoms with E-state index < -0.39 is 0 Å². The van der Waals surface area contributed by atoms with Crippen molar-refractivity contribution in [2.75, 3.05) is 23.8 Å². The molecule has 1 aromatic rings. The van der Waals surface area contributed by atoms with Gasteiger partial charge in [-0.15, -0.1) is 0 Å². The van der Waals surface area contributed by atoms with E-state index in [9.17, 15) is 0 Å². The highest BCUT2D eigenvalue weighted by Crippen LogP contribution is 2.40. The summed E-state index contributed by atoms with van der Waals surface area (Å²) in [7, 11) is 1.90. The second-order valence-corrected chi connectivity index (χ2v) is 6.35. The van der Waals surface area contributed by atoms with Crippen molar-refractivity contribution >= 4 is 27.6 Å². The molecule has 1 saturated heterocycles. The molecule has 0 radical (unpaired) electrons. The van der Waals surface area contributed by atoms with Crippen molar-refractivity contribution < 1.29 is 0 Å². The van der Waals surface area contributed by atoms with Gasteiger partial charge in [0.15, 0.2) is 0 Å². The molecule has 1 aliphatic carbocycles. The minimum atomic E-state index is 0.679. The highest BCUT2D eigenvalue weighted by Gasteiger charge is 2.34. The molecule has 4 nitrogen and oxygen atoms in total. The number of hydrogen-bond donors (Lipinski definition) is 1. The summed E-state index contributed by atoms with van der Waals surface area (Å²) in [6.45, 7) is 1.12. The van der Waals surface area contributed by atoms with Gasteiger partial charge in [-0.25, -0.2) is 9.97 Å². The average molecular weight is 325 g/mol. The molecule has 1 aromatic heterocycles. The van der Waals surface area contributed by atoms with Crippen LogP contribution in [0.25, 0.3) is 0 Å². The summed E-state index contributed by atoms with van der Waals surface area (Å²) in [5.41, 5.74) is 0. The third kappa shape index (κ3) is 2.45. The second-order valence-electron chi connectivity index (χ2n) is 5.56. The molecule has 1 saturated carbocycles. The summed E-state index contributed by atoms with van der Waals surface area (Å²) in [5.74, 6) is 2.81. The third-order valence-corrected chi connectivity index (χ3v) is 5.25. The zero-order valence-electron chi connectivity index (χ0n) is 11.4. The van der Waals surface area contributed by atoms with Crippen LogP contribution in [0.2, 0.25) is 0 Å². The predicted molar refractivity (Wildman–Crippen MR) is 81.6 cm³/mol. The van der Waals surface area contributed by atoms with Crippen LogP contribution in [0, 0.1) is 5.92 Å². The number of aromatic nitrogens is 2. The predicted octanol–water partition coefficient (Wildman–Crippen LogP) is 3.44. The number of hydrogen-bond acceptors (Lipinski definition) is 4. The minimum absolute atomic E-state index is 0.679. The number of nitrogens with zero attached hydrogens (tertiary/aromatic N) is 3. The Kier molecular flexibility index (Phi) is 3.91. The van der Waals surface area contributed by atoms with Gasteiger partial charge in [0.2, 0.25) is 0 Å². The van der Waals surface area contributed by atoms with Crippen LogP contribution in [-0.4, -0.2) is 29.6 Å². The maximum absolute atomic E-state index is 4.53. The molecule has 1 aliphatic heterocycles. The third-order valence-electron chi connectivity index (χ3n) is 4.52. The van der Waals surface area contributed by atoms with E-state index in [0.29, 0.717) is 6.04 Å². The van der Waals surface area contributed by atoms with E-state index >= 15 is 0 Å². The quantitative estimate of drug-likeness (QED) is 0.904. The first-order valence-corrected chi connectivity index (χ1v) is 8.05. The van der Waals surface area contributed by atoms with E-state index in [0.717, 1.165) is 28.6 Å². The van der Waals surface area contributed by atoms with Crippen molar-refractivity contribution in [2.45, 2.75) is 44.6 Å². The van der Waals surface area contributed by atoms with Crippen molar-refractivity contribution in [2.24, 2.45) is 5.92 Å². The van der Waals surface area contributed by atoms with Gasteiger partial charge < -0.3 is 10.2 Å². The molecule has 0 unspecified atom stereocenters. The van der Waals surface area contributed by atoms with Crippen LogP contribution < -0.4 is 10.2 Å². The zero-order valence-corrected chi connectivity index (χ0v) is 13.0. The lowest BCUT2D eigenvalue weighted by Gasteiger charge is -2.45. The van der Waals surface area contributed by atoms with Crippen LogP contribution >= 0.6 is 15.9 Å². The standard InChI is InChI=1S/C14H21BrN4/c1-16-13-12(15)14(18-9-17-13)19-8-4-6-10-5-2-3-7-11(10)19/h9-11H,2-8H2,1H3,(H,16,17,18)/t10-,11-/m1/s1. The number of halogens is 1. The highest BCUT2D eigenvalue weighted by atomic mass is 79.9. The Bertz CT molecular complexity index is 449. The maximum atomic E-state index is 4.53. The molecular formula is C14H21BrN4. The van der Waals surface area contributed by atoms with E-state index in [2.05, 4.69) is 36.1 Å². The molecule has 5 heteroatoms. The van der Waals surface area contributed by atoms with E-state index in [1.807, 2.05) is 7.05 Å². The Labute approximate surface area is 123 Å². The van der Waals surface area contributed by atoms with Gasteiger partial charge in [-0.2, -0.15) is 0 Å². The summed E-state index contributed by atoms with van der Waals surface area (Å²) >= 11 is 3.66. The van der Waals surface area contributed by atoms with Crippen molar-refractivity contribution in [3.8, 4) is 0 Å². The molecule has 104 valence electrons. The topological polar surface area (TPSA) is 41.1 Å². The summed E-state index contributed by atoms with van der Waals surface area (Å²) in [4.78, 5) is 11.3. The van der Waals surface area contributed by atoms with Crippen molar-refractivity contribution in [3.05, 3.63) is 10.8 Å². The molecule has 0 amide bonds. The highest BCUT2D eigenvalue weighted by molar-refractivity contribution is 9.10. The summed E-state index contributed by atoms with van der Waals surface area (Å²) in [5, 5.41) is 3.12. The number of nitrogens with one attached hydrogen (secondary N) is 1. The molecule has 2 atom stereocenters.